The van der Waals surface area contributed by atoms with Crippen molar-refractivity contribution in [3.63, 3.8) is 0 Å². The first-order valence-electron chi connectivity index (χ1n) is 9.16. The monoisotopic (exact) mass is 420 g/mol. The number of hydrogen-bond donors (Lipinski definition) is 1. The van der Waals surface area contributed by atoms with Gasteiger partial charge in [-0.1, -0.05) is 32.9 Å². The molecule has 0 radical (unpaired) electrons. The Hall–Kier alpha value is -1.61. The number of likely N-dealkylation sites (tertiary alicyclic amines) is 1. The summed E-state index contributed by atoms with van der Waals surface area (Å²) in [6.07, 6.45) is -3.90. The summed E-state index contributed by atoms with van der Waals surface area (Å²) in [6.45, 7) is 6.73. The number of carbonyl (C=O) groups excluding carboxylic acids is 1. The van der Waals surface area contributed by atoms with Crippen LogP contribution in [0.1, 0.15) is 44.7 Å². The number of nitrogens with one attached hydrogen (secondary N) is 1. The maximum Gasteiger partial charge on any atom is 0.401 e. The van der Waals surface area contributed by atoms with Crippen LogP contribution in [0.4, 0.5) is 13.2 Å². The lowest BCUT2D eigenvalue weighted by Gasteiger charge is -2.31. The van der Waals surface area contributed by atoms with Gasteiger partial charge in [0.05, 0.1) is 11.4 Å². The van der Waals surface area contributed by atoms with Gasteiger partial charge in [-0.05, 0) is 55.5 Å². The number of piperidine rings is 1. The lowest BCUT2D eigenvalue weighted by molar-refractivity contribution is -0.149. The topological polar surface area (TPSA) is 66.5 Å². The molecule has 5 nitrogen and oxygen atoms in total. The van der Waals surface area contributed by atoms with Crippen LogP contribution in [0, 0.1) is 12.8 Å². The van der Waals surface area contributed by atoms with Gasteiger partial charge >= 0.3 is 6.18 Å². The number of carbonyl (C=O) groups is 1. The molecule has 0 bridgehead atoms. The zero-order chi connectivity index (χ0) is 21.3. The number of benzene rings is 1. The first-order valence-corrected chi connectivity index (χ1v) is 10.6. The van der Waals surface area contributed by atoms with Crippen LogP contribution in [-0.2, 0) is 20.2 Å². The molecule has 1 heterocycles. The van der Waals surface area contributed by atoms with E-state index in [0.29, 0.717) is 5.56 Å². The van der Waals surface area contributed by atoms with Crippen molar-refractivity contribution in [1.29, 1.82) is 0 Å². The van der Waals surface area contributed by atoms with Crippen molar-refractivity contribution in [1.82, 2.24) is 9.62 Å². The molecular weight excluding hydrogens is 393 g/mol. The Labute approximate surface area is 164 Å². The zero-order valence-corrected chi connectivity index (χ0v) is 17.4. The first kappa shape index (κ1) is 22.7. The standard InChI is InChI=1S/C19H27F3N2O3S/c1-13-5-6-15(18(2,3)4)11-16(13)28(26,27)23-17(25)14-7-9-24(10-8-14)12-19(20,21)22/h5-6,11,14H,7-10,12H2,1-4H3,(H,23,25). The number of nitrogens with zero attached hydrogens (tertiary/aromatic N) is 1. The van der Waals surface area contributed by atoms with Gasteiger partial charge in [0.25, 0.3) is 10.0 Å². The second kappa shape index (κ2) is 8.02. The summed E-state index contributed by atoms with van der Waals surface area (Å²) in [5.74, 6) is -1.28. The van der Waals surface area contributed by atoms with Crippen LogP contribution < -0.4 is 4.72 Å². The molecule has 0 saturated carbocycles. The highest BCUT2D eigenvalue weighted by atomic mass is 32.2. The number of halogens is 3. The van der Waals surface area contributed by atoms with E-state index >= 15 is 0 Å². The molecule has 1 aliphatic rings. The van der Waals surface area contributed by atoms with Gasteiger partial charge in [0.1, 0.15) is 0 Å². The minimum absolute atomic E-state index is 0.0442. The van der Waals surface area contributed by atoms with Crippen LogP contribution >= 0.6 is 0 Å². The average molecular weight is 420 g/mol. The molecule has 0 atom stereocenters. The van der Waals surface area contributed by atoms with Gasteiger partial charge in [0, 0.05) is 5.92 Å². The molecule has 1 aromatic rings. The summed E-state index contributed by atoms with van der Waals surface area (Å²) in [6, 6.07) is 5.12. The van der Waals surface area contributed by atoms with E-state index in [0.717, 1.165) is 5.56 Å². The molecule has 28 heavy (non-hydrogen) atoms. The Bertz CT molecular complexity index is 822. The Morgan fingerprint density at radius 3 is 2.25 bits per heavy atom. The summed E-state index contributed by atoms with van der Waals surface area (Å²) in [4.78, 5) is 13.7. The fraction of sp³-hybridized carbons (Fsp3) is 0.632. The minimum atomic E-state index is -4.28. The third kappa shape index (κ3) is 5.94. The second-order valence-electron chi connectivity index (χ2n) is 8.37. The lowest BCUT2D eigenvalue weighted by atomic mass is 9.87. The predicted molar refractivity (Wildman–Crippen MR) is 100 cm³/mol. The van der Waals surface area contributed by atoms with Crippen LogP contribution in [0.15, 0.2) is 23.1 Å². The molecule has 158 valence electrons. The van der Waals surface area contributed by atoms with Crippen molar-refractivity contribution in [2.24, 2.45) is 5.92 Å². The van der Waals surface area contributed by atoms with Gasteiger partial charge in [-0.25, -0.2) is 13.1 Å². The Morgan fingerprint density at radius 1 is 1.18 bits per heavy atom. The predicted octanol–water partition coefficient (Wildman–Crippen LogP) is 3.37. The highest BCUT2D eigenvalue weighted by Gasteiger charge is 2.35. The molecule has 1 aliphatic heterocycles. The van der Waals surface area contributed by atoms with Gasteiger partial charge in [-0.15, -0.1) is 0 Å². The van der Waals surface area contributed by atoms with Gasteiger partial charge in [-0.3, -0.25) is 9.69 Å². The average Bonchev–Trinajstić information content (AvgIpc) is 2.52. The van der Waals surface area contributed by atoms with Crippen molar-refractivity contribution < 1.29 is 26.4 Å². The molecule has 1 fully saturated rings. The van der Waals surface area contributed by atoms with Crippen molar-refractivity contribution in [2.75, 3.05) is 19.6 Å². The quantitative estimate of drug-likeness (QED) is 0.811. The van der Waals surface area contributed by atoms with Crippen molar-refractivity contribution in [3.8, 4) is 0 Å². The fourth-order valence-corrected chi connectivity index (χ4v) is 4.55. The zero-order valence-electron chi connectivity index (χ0n) is 16.6. The number of amides is 1. The van der Waals surface area contributed by atoms with Crippen LogP contribution in [-0.4, -0.2) is 45.0 Å². The maximum atomic E-state index is 12.7. The second-order valence-corrected chi connectivity index (χ2v) is 10.0. The summed E-state index contributed by atoms with van der Waals surface area (Å²) >= 11 is 0. The number of sulfonamides is 1. The van der Waals surface area contributed by atoms with Crippen molar-refractivity contribution >= 4 is 15.9 Å². The number of rotatable bonds is 4. The molecule has 2 rings (SSSR count). The number of aryl methyl sites for hydroxylation is 1. The molecule has 9 heteroatoms. The van der Waals surface area contributed by atoms with E-state index in [-0.39, 0.29) is 36.2 Å². The van der Waals surface area contributed by atoms with E-state index < -0.39 is 34.6 Å². The number of alkyl halides is 3. The van der Waals surface area contributed by atoms with Gasteiger partial charge in [0.2, 0.25) is 5.91 Å². The molecule has 1 saturated heterocycles. The fourth-order valence-electron chi connectivity index (χ4n) is 3.23. The largest absolute Gasteiger partial charge is 0.401 e. The van der Waals surface area contributed by atoms with Gasteiger partial charge < -0.3 is 0 Å². The third-order valence-corrected chi connectivity index (χ3v) is 6.43. The molecule has 1 N–H and O–H groups in total. The van der Waals surface area contributed by atoms with E-state index in [1.54, 1.807) is 19.1 Å². The lowest BCUT2D eigenvalue weighted by Crippen LogP contribution is -2.44. The number of hydrogen-bond acceptors (Lipinski definition) is 4. The normalized spacial score (nSPS) is 17.5. The third-order valence-electron chi connectivity index (χ3n) is 4.94. The highest BCUT2D eigenvalue weighted by Crippen LogP contribution is 2.27. The SMILES string of the molecule is Cc1ccc(C(C)(C)C)cc1S(=O)(=O)NC(=O)C1CCN(CC(F)(F)F)CC1. The van der Waals surface area contributed by atoms with Crippen LogP contribution in [0.2, 0.25) is 0 Å². The minimum Gasteiger partial charge on any atom is -0.295 e. The highest BCUT2D eigenvalue weighted by molar-refractivity contribution is 7.90. The van der Waals surface area contributed by atoms with Crippen LogP contribution in [0.3, 0.4) is 0 Å². The first-order chi connectivity index (χ1) is 12.7. The molecular formula is C19H27F3N2O3S. The van der Waals surface area contributed by atoms with Crippen LogP contribution in [0.25, 0.3) is 0 Å². The van der Waals surface area contributed by atoms with E-state index in [1.807, 2.05) is 26.8 Å². The maximum absolute atomic E-state index is 12.7. The Balaban J connectivity index is 2.08. The Morgan fingerprint density at radius 2 is 1.75 bits per heavy atom. The molecule has 1 amide bonds. The van der Waals surface area contributed by atoms with E-state index in [4.69, 9.17) is 0 Å². The van der Waals surface area contributed by atoms with E-state index in [2.05, 4.69) is 4.72 Å². The summed E-state index contributed by atoms with van der Waals surface area (Å²) in [7, 11) is -4.06. The smallest absolute Gasteiger partial charge is 0.295 e. The van der Waals surface area contributed by atoms with Crippen molar-refractivity contribution in [2.45, 2.75) is 57.0 Å². The molecule has 0 unspecified atom stereocenters. The summed E-state index contributed by atoms with van der Waals surface area (Å²) < 4.78 is 65.0. The molecule has 0 spiro atoms. The molecule has 0 aromatic heterocycles. The van der Waals surface area contributed by atoms with E-state index in [9.17, 15) is 26.4 Å². The van der Waals surface area contributed by atoms with Gasteiger partial charge in [0.15, 0.2) is 0 Å². The van der Waals surface area contributed by atoms with Crippen molar-refractivity contribution in [3.05, 3.63) is 29.3 Å². The van der Waals surface area contributed by atoms with E-state index in [1.165, 1.54) is 4.90 Å². The summed E-state index contributed by atoms with van der Waals surface area (Å²) in [5, 5.41) is 0. The summed E-state index contributed by atoms with van der Waals surface area (Å²) in [5.41, 5.74) is 1.09. The van der Waals surface area contributed by atoms with Gasteiger partial charge in [-0.2, -0.15) is 13.2 Å². The molecule has 1 aromatic carbocycles. The Kier molecular flexibility index (Phi) is 6.50. The molecule has 0 aliphatic carbocycles. The van der Waals surface area contributed by atoms with Crippen LogP contribution in [0.5, 0.6) is 0 Å².